The van der Waals surface area contributed by atoms with E-state index in [1.165, 1.54) is 11.1 Å². The smallest absolute Gasteiger partial charge is 0.228 e. The molecule has 0 N–H and O–H groups in total. The van der Waals surface area contributed by atoms with E-state index in [9.17, 15) is 0 Å². The Balaban J connectivity index is 1.76. The van der Waals surface area contributed by atoms with Gasteiger partial charge in [0.05, 0.1) is 23.0 Å². The van der Waals surface area contributed by atoms with Gasteiger partial charge in [-0.2, -0.15) is 0 Å². The van der Waals surface area contributed by atoms with Gasteiger partial charge in [0.15, 0.2) is 0 Å². The highest BCUT2D eigenvalue weighted by atomic mass is 79.9. The quantitative estimate of drug-likeness (QED) is 0.705. The lowest BCUT2D eigenvalue weighted by molar-refractivity contribution is 0.175. The summed E-state index contributed by atoms with van der Waals surface area (Å²) in [6.45, 7) is 3.84. The molecule has 0 bridgehead atoms. The second-order valence-corrected chi connectivity index (χ2v) is 6.74. The zero-order valence-electron chi connectivity index (χ0n) is 14.2. The zero-order valence-corrected chi connectivity index (χ0v) is 15.8. The molecule has 2 aromatic rings. The molecule has 0 aliphatic heterocycles. The molecule has 1 aliphatic carbocycles. The van der Waals surface area contributed by atoms with Gasteiger partial charge in [-0.25, -0.2) is 4.98 Å². The third-order valence-electron chi connectivity index (χ3n) is 4.25. The molecular weight excluding hydrogens is 368 g/mol. The Morgan fingerprint density at radius 2 is 2.12 bits per heavy atom. The van der Waals surface area contributed by atoms with Crippen molar-refractivity contribution in [1.82, 2.24) is 4.98 Å². The highest BCUT2D eigenvalue weighted by molar-refractivity contribution is 9.10. The van der Waals surface area contributed by atoms with E-state index in [0.717, 1.165) is 40.9 Å². The van der Waals surface area contributed by atoms with E-state index in [1.54, 1.807) is 13.3 Å². The van der Waals surface area contributed by atoms with Crippen LogP contribution in [0.5, 0.6) is 11.6 Å². The maximum Gasteiger partial charge on any atom is 0.228 e. The Kier molecular flexibility index (Phi) is 5.19. The van der Waals surface area contributed by atoms with Crippen LogP contribution in [0.25, 0.3) is 0 Å². The number of hydrogen-bond acceptors (Lipinski definition) is 4. The number of benzene rings is 1. The Hall–Kier alpha value is -1.88. The minimum absolute atomic E-state index is 0.134. The van der Waals surface area contributed by atoms with E-state index in [1.807, 2.05) is 26.0 Å². The molecule has 126 valence electrons. The van der Waals surface area contributed by atoms with Gasteiger partial charge in [0.2, 0.25) is 5.88 Å². The number of aliphatic imine (C=N–C) groups is 1. The normalized spacial score (nSPS) is 16.9. The molecule has 5 heteroatoms. The van der Waals surface area contributed by atoms with Crippen LogP contribution in [0.4, 0.5) is 5.69 Å². The average molecular weight is 389 g/mol. The summed E-state index contributed by atoms with van der Waals surface area (Å²) in [6.07, 6.45) is 4.76. The van der Waals surface area contributed by atoms with Crippen molar-refractivity contribution < 1.29 is 9.47 Å². The third kappa shape index (κ3) is 3.61. The second-order valence-electron chi connectivity index (χ2n) is 5.88. The van der Waals surface area contributed by atoms with Gasteiger partial charge < -0.3 is 9.47 Å². The molecule has 1 aromatic carbocycles. The number of halogens is 1. The first kappa shape index (κ1) is 17.0. The number of nitrogens with zero attached hydrogens (tertiary/aromatic N) is 2. The van der Waals surface area contributed by atoms with Crippen molar-refractivity contribution in [2.45, 2.75) is 39.2 Å². The van der Waals surface area contributed by atoms with Crippen molar-refractivity contribution in [3.8, 4) is 11.6 Å². The fraction of sp³-hybridized carbons (Fsp3) is 0.368. The Bertz CT molecular complexity index is 774. The molecule has 0 saturated carbocycles. The van der Waals surface area contributed by atoms with Crippen molar-refractivity contribution >= 4 is 27.8 Å². The number of fused-ring (bicyclic) bond motifs is 1. The van der Waals surface area contributed by atoms with Crippen LogP contribution in [0.15, 0.2) is 33.7 Å². The van der Waals surface area contributed by atoms with Gasteiger partial charge in [0.25, 0.3) is 0 Å². The number of pyridine rings is 1. The summed E-state index contributed by atoms with van der Waals surface area (Å²) < 4.78 is 12.3. The Morgan fingerprint density at radius 3 is 2.88 bits per heavy atom. The summed E-state index contributed by atoms with van der Waals surface area (Å²) >= 11 is 3.55. The summed E-state index contributed by atoms with van der Waals surface area (Å²) in [5.74, 6) is 1.56. The highest BCUT2D eigenvalue weighted by Gasteiger charge is 2.22. The van der Waals surface area contributed by atoms with Crippen molar-refractivity contribution in [3.05, 3.63) is 45.6 Å². The molecule has 1 heterocycles. The predicted molar refractivity (Wildman–Crippen MR) is 99.9 cm³/mol. The Morgan fingerprint density at radius 1 is 1.29 bits per heavy atom. The number of rotatable bonds is 4. The van der Waals surface area contributed by atoms with E-state index in [0.29, 0.717) is 5.88 Å². The lowest BCUT2D eigenvalue weighted by atomic mass is 9.89. The van der Waals surface area contributed by atoms with Gasteiger partial charge >= 0.3 is 0 Å². The number of aryl methyl sites for hydroxylation is 2. The molecule has 0 amide bonds. The van der Waals surface area contributed by atoms with Gasteiger partial charge in [-0.1, -0.05) is 6.07 Å². The van der Waals surface area contributed by atoms with E-state index in [-0.39, 0.29) is 6.10 Å². The van der Waals surface area contributed by atoms with Gasteiger partial charge in [0.1, 0.15) is 11.9 Å². The van der Waals surface area contributed by atoms with Crippen LogP contribution in [0.1, 0.15) is 30.2 Å². The molecule has 0 fully saturated rings. The highest BCUT2D eigenvalue weighted by Crippen LogP contribution is 2.33. The molecule has 0 spiro atoms. The minimum Gasteiger partial charge on any atom is -0.497 e. The summed E-state index contributed by atoms with van der Waals surface area (Å²) in [4.78, 5) is 8.88. The SMILES string of the molecule is CC=Nc1cc(Br)c(OC2CCc3cc(OC)ccc3C2)nc1C. The third-order valence-corrected chi connectivity index (χ3v) is 4.82. The molecular formula is C19H21BrN2O2. The zero-order chi connectivity index (χ0) is 17.1. The molecule has 24 heavy (non-hydrogen) atoms. The van der Waals surface area contributed by atoms with Gasteiger partial charge in [0, 0.05) is 12.6 Å². The van der Waals surface area contributed by atoms with Crippen LogP contribution in [0.3, 0.4) is 0 Å². The van der Waals surface area contributed by atoms with Gasteiger partial charge in [-0.15, -0.1) is 0 Å². The van der Waals surface area contributed by atoms with E-state index in [4.69, 9.17) is 9.47 Å². The summed E-state index contributed by atoms with van der Waals surface area (Å²) in [5.41, 5.74) is 4.40. The second kappa shape index (κ2) is 7.34. The molecule has 1 atom stereocenters. The lowest BCUT2D eigenvalue weighted by Crippen LogP contribution is -2.25. The minimum atomic E-state index is 0.134. The fourth-order valence-corrected chi connectivity index (χ4v) is 3.38. The first-order valence-electron chi connectivity index (χ1n) is 8.09. The summed E-state index contributed by atoms with van der Waals surface area (Å²) in [6, 6.07) is 8.23. The van der Waals surface area contributed by atoms with E-state index in [2.05, 4.69) is 38.0 Å². The van der Waals surface area contributed by atoms with Crippen molar-refractivity contribution in [3.63, 3.8) is 0 Å². The monoisotopic (exact) mass is 388 g/mol. The van der Waals surface area contributed by atoms with Crippen LogP contribution in [0, 0.1) is 6.92 Å². The van der Waals surface area contributed by atoms with E-state index >= 15 is 0 Å². The predicted octanol–water partition coefficient (Wildman–Crippen LogP) is 4.82. The van der Waals surface area contributed by atoms with Gasteiger partial charge in [-0.05, 0) is 71.9 Å². The standard InChI is InChI=1S/C19H21BrN2O2/c1-4-21-18-11-17(20)19(22-12(18)2)24-16-8-6-13-9-15(23-3)7-5-14(13)10-16/h4-5,7,9,11,16H,6,8,10H2,1-3H3. The van der Waals surface area contributed by atoms with Crippen molar-refractivity contribution in [2.75, 3.05) is 7.11 Å². The van der Waals surface area contributed by atoms with E-state index < -0.39 is 0 Å². The summed E-state index contributed by atoms with van der Waals surface area (Å²) in [7, 11) is 1.70. The van der Waals surface area contributed by atoms with Crippen LogP contribution in [-0.2, 0) is 12.8 Å². The maximum atomic E-state index is 6.17. The topological polar surface area (TPSA) is 43.7 Å². The molecule has 1 unspecified atom stereocenters. The maximum absolute atomic E-state index is 6.17. The molecule has 0 saturated heterocycles. The number of methoxy groups -OCH3 is 1. The average Bonchev–Trinajstić information content (AvgIpc) is 2.59. The van der Waals surface area contributed by atoms with Crippen LogP contribution in [0.2, 0.25) is 0 Å². The molecule has 3 rings (SSSR count). The number of aromatic nitrogens is 1. The molecule has 4 nitrogen and oxygen atoms in total. The first-order valence-corrected chi connectivity index (χ1v) is 8.88. The van der Waals surface area contributed by atoms with Crippen LogP contribution >= 0.6 is 15.9 Å². The molecule has 1 aromatic heterocycles. The summed E-state index contributed by atoms with van der Waals surface area (Å²) in [5, 5.41) is 0. The molecule has 0 radical (unpaired) electrons. The Labute approximate surface area is 151 Å². The fourth-order valence-electron chi connectivity index (χ4n) is 2.99. The lowest BCUT2D eigenvalue weighted by Gasteiger charge is -2.26. The largest absolute Gasteiger partial charge is 0.497 e. The van der Waals surface area contributed by atoms with Crippen LogP contribution < -0.4 is 9.47 Å². The molecule has 1 aliphatic rings. The van der Waals surface area contributed by atoms with Crippen LogP contribution in [-0.4, -0.2) is 24.4 Å². The first-order chi connectivity index (χ1) is 11.6. The number of hydrogen-bond donors (Lipinski definition) is 0. The van der Waals surface area contributed by atoms with Gasteiger partial charge in [-0.3, -0.25) is 4.99 Å². The number of ether oxygens (including phenoxy) is 2. The van der Waals surface area contributed by atoms with Crippen molar-refractivity contribution in [2.24, 2.45) is 4.99 Å². The van der Waals surface area contributed by atoms with Crippen molar-refractivity contribution in [1.29, 1.82) is 0 Å².